The quantitative estimate of drug-likeness (QED) is 0.868. The first kappa shape index (κ1) is 14.6. The lowest BCUT2D eigenvalue weighted by Crippen LogP contribution is -2.36. The Hall–Kier alpha value is -0.430. The zero-order valence-electron chi connectivity index (χ0n) is 9.90. The Morgan fingerprint density at radius 2 is 2.12 bits per heavy atom. The molecule has 1 rings (SSSR count). The minimum absolute atomic E-state index is 0.152. The Morgan fingerprint density at radius 1 is 1.47 bits per heavy atom. The summed E-state index contributed by atoms with van der Waals surface area (Å²) in [7, 11) is -3.46. The second-order valence-corrected chi connectivity index (χ2v) is 6.55. The Labute approximate surface area is 111 Å². The number of benzene rings is 1. The van der Waals surface area contributed by atoms with Gasteiger partial charge in [0.05, 0.1) is 4.90 Å². The molecule has 0 saturated heterocycles. The third-order valence-electron chi connectivity index (χ3n) is 2.50. The number of aryl methyl sites for hydroxylation is 1. The summed E-state index contributed by atoms with van der Waals surface area (Å²) in [6.45, 7) is 4.03. The van der Waals surface area contributed by atoms with Gasteiger partial charge >= 0.3 is 0 Å². The van der Waals surface area contributed by atoms with Crippen LogP contribution in [-0.4, -0.2) is 21.0 Å². The molecule has 0 aliphatic heterocycles. The Morgan fingerprint density at radius 3 is 2.65 bits per heavy atom. The molecule has 0 aromatic heterocycles. The molecule has 0 heterocycles. The molecular formula is C11H17BrN2O2S. The summed E-state index contributed by atoms with van der Waals surface area (Å²) in [5.41, 5.74) is 6.56. The standard InChI is InChI=1S/C11H17BrN2O2S/c1-3-9(13)7-14-17(15,16)10-4-5-11(12)8(2)6-10/h4-6,9,14H,3,7,13H2,1-2H3. The maximum atomic E-state index is 11.9. The van der Waals surface area contributed by atoms with Crippen LogP contribution in [0.4, 0.5) is 0 Å². The van der Waals surface area contributed by atoms with Crippen molar-refractivity contribution < 1.29 is 8.42 Å². The lowest BCUT2D eigenvalue weighted by Gasteiger charge is -2.11. The molecule has 1 atom stereocenters. The van der Waals surface area contributed by atoms with Gasteiger partial charge in [-0.3, -0.25) is 0 Å². The van der Waals surface area contributed by atoms with E-state index in [0.29, 0.717) is 0 Å². The van der Waals surface area contributed by atoms with Crippen molar-refractivity contribution in [2.45, 2.75) is 31.2 Å². The predicted molar refractivity (Wildman–Crippen MR) is 72.3 cm³/mol. The van der Waals surface area contributed by atoms with Crippen LogP contribution in [0.2, 0.25) is 0 Å². The van der Waals surface area contributed by atoms with Gasteiger partial charge in [-0.05, 0) is 37.1 Å². The summed E-state index contributed by atoms with van der Waals surface area (Å²) in [6, 6.07) is 4.77. The Balaban J connectivity index is 2.86. The van der Waals surface area contributed by atoms with E-state index in [1.807, 2.05) is 13.8 Å². The molecule has 0 aliphatic carbocycles. The SMILES string of the molecule is CCC(N)CNS(=O)(=O)c1ccc(Br)c(C)c1. The van der Waals surface area contributed by atoms with Crippen molar-refractivity contribution in [3.8, 4) is 0 Å². The fraction of sp³-hybridized carbons (Fsp3) is 0.455. The van der Waals surface area contributed by atoms with Crippen LogP contribution in [0.15, 0.2) is 27.6 Å². The number of nitrogens with one attached hydrogen (secondary N) is 1. The van der Waals surface area contributed by atoms with Crippen molar-refractivity contribution in [2.75, 3.05) is 6.54 Å². The molecule has 4 nitrogen and oxygen atoms in total. The largest absolute Gasteiger partial charge is 0.327 e. The maximum Gasteiger partial charge on any atom is 0.240 e. The molecule has 17 heavy (non-hydrogen) atoms. The van der Waals surface area contributed by atoms with Gasteiger partial charge in [0.1, 0.15) is 0 Å². The van der Waals surface area contributed by atoms with Crippen LogP contribution in [0.5, 0.6) is 0 Å². The lowest BCUT2D eigenvalue weighted by molar-refractivity contribution is 0.564. The van der Waals surface area contributed by atoms with Crippen molar-refractivity contribution in [2.24, 2.45) is 5.73 Å². The van der Waals surface area contributed by atoms with E-state index in [2.05, 4.69) is 20.7 Å². The molecule has 0 spiro atoms. The third-order valence-corrected chi connectivity index (χ3v) is 4.81. The molecule has 0 aliphatic rings. The summed E-state index contributed by atoms with van der Waals surface area (Å²) >= 11 is 3.33. The molecule has 3 N–H and O–H groups in total. The van der Waals surface area contributed by atoms with Crippen molar-refractivity contribution in [3.63, 3.8) is 0 Å². The van der Waals surface area contributed by atoms with Crippen molar-refractivity contribution in [3.05, 3.63) is 28.2 Å². The summed E-state index contributed by atoms with van der Waals surface area (Å²) in [4.78, 5) is 0.265. The second-order valence-electron chi connectivity index (χ2n) is 3.93. The summed E-state index contributed by atoms with van der Waals surface area (Å²) in [5, 5.41) is 0. The highest BCUT2D eigenvalue weighted by Crippen LogP contribution is 2.19. The fourth-order valence-corrected chi connectivity index (χ4v) is 2.65. The third kappa shape index (κ3) is 4.06. The van der Waals surface area contributed by atoms with Gasteiger partial charge in [-0.15, -0.1) is 0 Å². The topological polar surface area (TPSA) is 72.2 Å². The normalized spacial score (nSPS) is 13.6. The molecule has 0 saturated carbocycles. The smallest absolute Gasteiger partial charge is 0.240 e. The van der Waals surface area contributed by atoms with Crippen LogP contribution in [0.3, 0.4) is 0 Å². The van der Waals surface area contributed by atoms with E-state index in [-0.39, 0.29) is 17.5 Å². The summed E-state index contributed by atoms with van der Waals surface area (Å²) in [6.07, 6.45) is 0.738. The molecule has 1 unspecified atom stereocenters. The second kappa shape index (κ2) is 5.95. The first-order chi connectivity index (χ1) is 7.86. The summed E-state index contributed by atoms with van der Waals surface area (Å²) in [5.74, 6) is 0. The van der Waals surface area contributed by atoms with Crippen molar-refractivity contribution >= 4 is 26.0 Å². The highest BCUT2D eigenvalue weighted by atomic mass is 79.9. The molecular weight excluding hydrogens is 304 g/mol. The van der Waals surface area contributed by atoms with Crippen LogP contribution in [-0.2, 0) is 10.0 Å². The number of rotatable bonds is 5. The number of hydrogen-bond acceptors (Lipinski definition) is 3. The van der Waals surface area contributed by atoms with Crippen LogP contribution < -0.4 is 10.5 Å². The van der Waals surface area contributed by atoms with E-state index in [4.69, 9.17) is 5.73 Å². The highest BCUT2D eigenvalue weighted by Gasteiger charge is 2.15. The number of hydrogen-bond donors (Lipinski definition) is 2. The molecule has 1 aromatic rings. The average Bonchev–Trinajstić information content (AvgIpc) is 2.29. The highest BCUT2D eigenvalue weighted by molar-refractivity contribution is 9.10. The van der Waals surface area contributed by atoms with Gasteiger partial charge in [0.15, 0.2) is 0 Å². The molecule has 6 heteroatoms. The van der Waals surface area contributed by atoms with Gasteiger partial charge in [-0.25, -0.2) is 13.1 Å². The van der Waals surface area contributed by atoms with Crippen LogP contribution >= 0.6 is 15.9 Å². The predicted octanol–water partition coefficient (Wildman–Crippen LogP) is 1.77. The minimum atomic E-state index is -3.46. The van der Waals surface area contributed by atoms with E-state index >= 15 is 0 Å². The first-order valence-corrected chi connectivity index (χ1v) is 7.66. The molecule has 0 fully saturated rings. The van der Waals surface area contributed by atoms with Crippen LogP contribution in [0.25, 0.3) is 0 Å². The lowest BCUT2D eigenvalue weighted by atomic mass is 10.2. The van der Waals surface area contributed by atoms with Crippen LogP contribution in [0.1, 0.15) is 18.9 Å². The summed E-state index contributed by atoms with van der Waals surface area (Å²) < 4.78 is 27.3. The van der Waals surface area contributed by atoms with E-state index in [0.717, 1.165) is 16.5 Å². The molecule has 0 bridgehead atoms. The zero-order chi connectivity index (χ0) is 13.1. The van der Waals surface area contributed by atoms with Crippen LogP contribution in [0, 0.1) is 6.92 Å². The fourth-order valence-electron chi connectivity index (χ4n) is 1.23. The first-order valence-electron chi connectivity index (χ1n) is 5.38. The monoisotopic (exact) mass is 320 g/mol. The Bertz CT molecular complexity index is 488. The van der Waals surface area contributed by atoms with E-state index in [1.165, 1.54) is 0 Å². The van der Waals surface area contributed by atoms with E-state index < -0.39 is 10.0 Å². The molecule has 96 valence electrons. The number of nitrogens with two attached hydrogens (primary N) is 1. The molecule has 1 aromatic carbocycles. The minimum Gasteiger partial charge on any atom is -0.327 e. The maximum absolute atomic E-state index is 11.9. The van der Waals surface area contributed by atoms with Gasteiger partial charge in [0, 0.05) is 17.1 Å². The molecule has 0 radical (unpaired) electrons. The van der Waals surface area contributed by atoms with Gasteiger partial charge in [-0.2, -0.15) is 0 Å². The average molecular weight is 321 g/mol. The van der Waals surface area contributed by atoms with E-state index in [9.17, 15) is 8.42 Å². The Kier molecular flexibility index (Phi) is 5.12. The van der Waals surface area contributed by atoms with Gasteiger partial charge in [-0.1, -0.05) is 22.9 Å². The number of sulfonamides is 1. The van der Waals surface area contributed by atoms with Crippen molar-refractivity contribution in [1.29, 1.82) is 0 Å². The van der Waals surface area contributed by atoms with Gasteiger partial charge < -0.3 is 5.73 Å². The molecule has 0 amide bonds. The van der Waals surface area contributed by atoms with E-state index in [1.54, 1.807) is 18.2 Å². The van der Waals surface area contributed by atoms with Crippen molar-refractivity contribution in [1.82, 2.24) is 4.72 Å². The zero-order valence-corrected chi connectivity index (χ0v) is 12.3. The van der Waals surface area contributed by atoms with Gasteiger partial charge in [0.2, 0.25) is 10.0 Å². The van der Waals surface area contributed by atoms with Gasteiger partial charge in [0.25, 0.3) is 0 Å². The number of halogens is 1.